The maximum atomic E-state index is 4.84. The quantitative estimate of drug-likeness (QED) is 0.662. The number of hydrogen-bond donors (Lipinski definition) is 0. The molecule has 0 aliphatic heterocycles. The van der Waals surface area contributed by atoms with Crippen LogP contribution in [0.1, 0.15) is 22.3 Å². The lowest BCUT2D eigenvalue weighted by Crippen LogP contribution is -1.84. The summed E-state index contributed by atoms with van der Waals surface area (Å²) >= 11 is 0. The Morgan fingerprint density at radius 2 is 1.13 bits per heavy atom. The van der Waals surface area contributed by atoms with Crippen LogP contribution in [0.4, 0.5) is 0 Å². The second-order valence-electron chi connectivity index (χ2n) is 3.59. The second kappa shape index (κ2) is 5.29. The average molecular weight is 204 g/mol. The lowest BCUT2D eigenvalue weighted by molar-refractivity contribution is 0.564. The average Bonchev–Trinajstić information content (AvgIpc) is 2.57. The molecular formula is C12H16N2O. The molecule has 15 heavy (non-hydrogen) atoms. The summed E-state index contributed by atoms with van der Waals surface area (Å²) in [6, 6.07) is 0. The molecule has 0 spiro atoms. The minimum absolute atomic E-state index is 1.19. The Balaban J connectivity index is 0.000000151. The standard InChI is InChI=1S/C6H8N2.C6H8O/c1-5-3-7-8-4-6(5)2;1-5-3-7-4-6(5)2/h3-4H,1-2H3;3-4H,1-2H3. The van der Waals surface area contributed by atoms with Gasteiger partial charge in [0, 0.05) is 0 Å². The first-order valence-corrected chi connectivity index (χ1v) is 4.84. The van der Waals surface area contributed by atoms with Crippen molar-refractivity contribution in [2.45, 2.75) is 27.7 Å². The highest BCUT2D eigenvalue weighted by atomic mass is 16.3. The van der Waals surface area contributed by atoms with Gasteiger partial charge in [0.05, 0.1) is 24.9 Å². The Morgan fingerprint density at radius 1 is 0.733 bits per heavy atom. The Morgan fingerprint density at radius 3 is 1.33 bits per heavy atom. The van der Waals surface area contributed by atoms with E-state index in [1.54, 1.807) is 24.9 Å². The normalized spacial score (nSPS) is 9.33. The van der Waals surface area contributed by atoms with Crippen LogP contribution < -0.4 is 0 Å². The molecule has 2 rings (SSSR count). The zero-order valence-electron chi connectivity index (χ0n) is 9.61. The van der Waals surface area contributed by atoms with Gasteiger partial charge in [-0.25, -0.2) is 0 Å². The predicted molar refractivity (Wildman–Crippen MR) is 59.7 cm³/mol. The molecule has 0 fully saturated rings. The van der Waals surface area contributed by atoms with E-state index in [4.69, 9.17) is 4.42 Å². The van der Waals surface area contributed by atoms with Gasteiger partial charge in [-0.1, -0.05) is 0 Å². The van der Waals surface area contributed by atoms with E-state index in [2.05, 4.69) is 10.2 Å². The van der Waals surface area contributed by atoms with Crippen molar-refractivity contribution in [3.05, 3.63) is 47.2 Å². The third-order valence-corrected chi connectivity index (χ3v) is 2.30. The van der Waals surface area contributed by atoms with E-state index in [1.807, 2.05) is 27.7 Å². The lowest BCUT2D eigenvalue weighted by Gasteiger charge is -1.91. The maximum absolute atomic E-state index is 4.84. The van der Waals surface area contributed by atoms with Gasteiger partial charge in [0.25, 0.3) is 0 Å². The Kier molecular flexibility index (Phi) is 4.03. The van der Waals surface area contributed by atoms with Crippen LogP contribution in [0.5, 0.6) is 0 Å². The molecule has 0 aliphatic carbocycles. The molecule has 2 aromatic heterocycles. The first kappa shape index (κ1) is 11.4. The highest BCUT2D eigenvalue weighted by Crippen LogP contribution is 2.04. The van der Waals surface area contributed by atoms with Crippen molar-refractivity contribution < 1.29 is 4.42 Å². The molecule has 0 unspecified atom stereocenters. The van der Waals surface area contributed by atoms with Gasteiger partial charge in [-0.3, -0.25) is 0 Å². The molecule has 0 atom stereocenters. The molecule has 0 saturated heterocycles. The van der Waals surface area contributed by atoms with Gasteiger partial charge in [-0.2, -0.15) is 10.2 Å². The van der Waals surface area contributed by atoms with E-state index in [-0.39, 0.29) is 0 Å². The van der Waals surface area contributed by atoms with Crippen LogP contribution >= 0.6 is 0 Å². The largest absolute Gasteiger partial charge is 0.472 e. The predicted octanol–water partition coefficient (Wildman–Crippen LogP) is 2.99. The first-order chi connectivity index (χ1) is 7.11. The summed E-state index contributed by atoms with van der Waals surface area (Å²) < 4.78 is 4.84. The Labute approximate surface area is 90.2 Å². The van der Waals surface area contributed by atoms with Crippen LogP contribution in [-0.4, -0.2) is 10.2 Å². The molecule has 0 aromatic carbocycles. The zero-order valence-corrected chi connectivity index (χ0v) is 9.61. The number of aromatic nitrogens is 2. The van der Waals surface area contributed by atoms with Crippen LogP contribution in [0.15, 0.2) is 29.3 Å². The van der Waals surface area contributed by atoms with Crippen LogP contribution in [0.3, 0.4) is 0 Å². The van der Waals surface area contributed by atoms with E-state index >= 15 is 0 Å². The third kappa shape index (κ3) is 3.54. The second-order valence-corrected chi connectivity index (χ2v) is 3.59. The van der Waals surface area contributed by atoms with Gasteiger partial charge < -0.3 is 4.42 Å². The lowest BCUT2D eigenvalue weighted by atomic mass is 10.2. The van der Waals surface area contributed by atoms with Gasteiger partial charge in [0.2, 0.25) is 0 Å². The molecular weight excluding hydrogens is 188 g/mol. The molecule has 0 amide bonds. The van der Waals surface area contributed by atoms with Crippen LogP contribution in [0.25, 0.3) is 0 Å². The van der Waals surface area contributed by atoms with Crippen molar-refractivity contribution in [1.29, 1.82) is 0 Å². The van der Waals surface area contributed by atoms with Crippen molar-refractivity contribution >= 4 is 0 Å². The number of aryl methyl sites for hydroxylation is 4. The summed E-state index contributed by atoms with van der Waals surface area (Å²) in [5.41, 5.74) is 4.83. The number of nitrogens with zero attached hydrogens (tertiary/aromatic N) is 2. The maximum Gasteiger partial charge on any atom is 0.0934 e. The number of hydrogen-bond acceptors (Lipinski definition) is 3. The highest BCUT2D eigenvalue weighted by Gasteiger charge is 1.88. The molecule has 0 bridgehead atoms. The molecule has 0 N–H and O–H groups in total. The zero-order chi connectivity index (χ0) is 11.3. The molecule has 0 saturated carbocycles. The Hall–Kier alpha value is -1.64. The van der Waals surface area contributed by atoms with Crippen LogP contribution in [0, 0.1) is 27.7 Å². The van der Waals surface area contributed by atoms with Gasteiger partial charge in [0.1, 0.15) is 0 Å². The first-order valence-electron chi connectivity index (χ1n) is 4.84. The monoisotopic (exact) mass is 204 g/mol. The van der Waals surface area contributed by atoms with Crippen molar-refractivity contribution in [1.82, 2.24) is 10.2 Å². The van der Waals surface area contributed by atoms with E-state index < -0.39 is 0 Å². The van der Waals surface area contributed by atoms with Crippen molar-refractivity contribution in [3.8, 4) is 0 Å². The fourth-order valence-electron chi connectivity index (χ4n) is 0.868. The summed E-state index contributed by atoms with van der Waals surface area (Å²) in [6.07, 6.45) is 7.01. The van der Waals surface area contributed by atoms with Crippen molar-refractivity contribution in [3.63, 3.8) is 0 Å². The SMILES string of the molecule is Cc1cnncc1C.Cc1cocc1C. The minimum atomic E-state index is 1.19. The molecule has 80 valence electrons. The van der Waals surface area contributed by atoms with E-state index in [0.29, 0.717) is 0 Å². The van der Waals surface area contributed by atoms with Gasteiger partial charge in [-0.05, 0) is 49.9 Å². The third-order valence-electron chi connectivity index (χ3n) is 2.30. The smallest absolute Gasteiger partial charge is 0.0934 e. The fourth-order valence-corrected chi connectivity index (χ4v) is 0.868. The molecule has 2 heterocycles. The molecule has 0 radical (unpaired) electrons. The van der Waals surface area contributed by atoms with Crippen molar-refractivity contribution in [2.75, 3.05) is 0 Å². The van der Waals surface area contributed by atoms with Crippen molar-refractivity contribution in [2.24, 2.45) is 0 Å². The van der Waals surface area contributed by atoms with Crippen LogP contribution in [0.2, 0.25) is 0 Å². The molecule has 3 heteroatoms. The summed E-state index contributed by atoms with van der Waals surface area (Å²) in [5.74, 6) is 0. The minimum Gasteiger partial charge on any atom is -0.472 e. The van der Waals surface area contributed by atoms with Crippen LogP contribution in [-0.2, 0) is 0 Å². The van der Waals surface area contributed by atoms with E-state index in [9.17, 15) is 0 Å². The topological polar surface area (TPSA) is 38.9 Å². The number of rotatable bonds is 0. The van der Waals surface area contributed by atoms with Gasteiger partial charge >= 0.3 is 0 Å². The molecule has 2 aromatic rings. The van der Waals surface area contributed by atoms with E-state index in [1.165, 1.54) is 22.3 Å². The summed E-state index contributed by atoms with van der Waals surface area (Å²) in [5, 5.41) is 7.39. The number of furan rings is 1. The fraction of sp³-hybridized carbons (Fsp3) is 0.333. The highest BCUT2D eigenvalue weighted by molar-refractivity contribution is 5.16. The molecule has 0 aliphatic rings. The molecule has 3 nitrogen and oxygen atoms in total. The summed E-state index contributed by atoms with van der Waals surface area (Å²) in [4.78, 5) is 0. The van der Waals surface area contributed by atoms with Gasteiger partial charge in [0.15, 0.2) is 0 Å². The Bertz CT molecular complexity index is 384. The summed E-state index contributed by atoms with van der Waals surface area (Å²) in [7, 11) is 0. The van der Waals surface area contributed by atoms with Gasteiger partial charge in [-0.15, -0.1) is 0 Å². The van der Waals surface area contributed by atoms with E-state index in [0.717, 1.165) is 0 Å². The summed E-state index contributed by atoms with van der Waals surface area (Å²) in [6.45, 7) is 8.09.